The molecule has 0 aromatic heterocycles. The minimum Gasteiger partial charge on any atom is -0.379 e. The molecule has 0 aliphatic rings. The lowest BCUT2D eigenvalue weighted by Gasteiger charge is -2.20. The van der Waals surface area contributed by atoms with E-state index in [-0.39, 0.29) is 16.7 Å². The van der Waals surface area contributed by atoms with Gasteiger partial charge in [0.05, 0.1) is 13.2 Å². The summed E-state index contributed by atoms with van der Waals surface area (Å²) in [6, 6.07) is 0. The Balaban J connectivity index is 3.53. The summed E-state index contributed by atoms with van der Waals surface area (Å²) in [6.07, 6.45) is 0. The number of carbonyl (C=O) groups excluding carboxylic acids is 1. The van der Waals surface area contributed by atoms with Crippen LogP contribution in [0.5, 0.6) is 0 Å². The van der Waals surface area contributed by atoms with Crippen LogP contribution in [0.2, 0.25) is 0 Å². The molecule has 0 atom stereocenters. The molecule has 0 fully saturated rings. The maximum Gasteiger partial charge on any atom is 0.225 e. The molecule has 0 bridgehead atoms. The fourth-order valence-electron chi connectivity index (χ4n) is 0.880. The average Bonchev–Trinajstić information content (AvgIpc) is 1.99. The summed E-state index contributed by atoms with van der Waals surface area (Å²) in [5, 5.41) is 2.84. The fraction of sp³-hybridized carbons (Fsp3) is 0.917. The molecule has 0 aromatic carbocycles. The van der Waals surface area contributed by atoms with Gasteiger partial charge in [0.25, 0.3) is 0 Å². The van der Waals surface area contributed by atoms with Gasteiger partial charge in [-0.25, -0.2) is 0 Å². The van der Waals surface area contributed by atoms with E-state index in [1.807, 2.05) is 20.8 Å². The summed E-state index contributed by atoms with van der Waals surface area (Å²) in [5.41, 5.74) is -0.127. The zero-order valence-electron chi connectivity index (χ0n) is 10.9. The number of nitrogens with one attached hydrogen (secondary N) is 1. The van der Waals surface area contributed by atoms with Crippen molar-refractivity contribution in [2.75, 3.05) is 19.8 Å². The third-order valence-electron chi connectivity index (χ3n) is 1.75. The molecule has 0 aliphatic carbocycles. The van der Waals surface area contributed by atoms with Crippen molar-refractivity contribution < 1.29 is 9.53 Å². The van der Waals surface area contributed by atoms with Crippen molar-refractivity contribution >= 4 is 5.91 Å². The molecular weight excluding hydrogens is 190 g/mol. The van der Waals surface area contributed by atoms with Gasteiger partial charge in [-0.05, 0) is 5.41 Å². The molecule has 15 heavy (non-hydrogen) atoms. The summed E-state index contributed by atoms with van der Waals surface area (Å²) in [6.45, 7) is 14.0. The van der Waals surface area contributed by atoms with Crippen LogP contribution in [0, 0.1) is 10.8 Å². The normalized spacial score (nSPS) is 12.7. The van der Waals surface area contributed by atoms with E-state index in [2.05, 4.69) is 26.1 Å². The molecule has 0 radical (unpaired) electrons. The molecule has 3 heteroatoms. The third kappa shape index (κ3) is 8.43. The first-order valence-electron chi connectivity index (χ1n) is 5.49. The maximum absolute atomic E-state index is 11.5. The van der Waals surface area contributed by atoms with Gasteiger partial charge in [-0.15, -0.1) is 0 Å². The molecule has 0 heterocycles. The standard InChI is InChI=1S/C12H25NO2/c1-11(2,3)9-15-8-7-13-10(14)12(4,5)6/h7-9H2,1-6H3,(H,13,14). The number of rotatable bonds is 4. The molecule has 0 aliphatic heterocycles. The topological polar surface area (TPSA) is 38.3 Å². The van der Waals surface area contributed by atoms with E-state index in [4.69, 9.17) is 4.74 Å². The van der Waals surface area contributed by atoms with Gasteiger partial charge in [0.15, 0.2) is 0 Å². The SMILES string of the molecule is CC(C)(C)COCCNC(=O)C(C)(C)C. The monoisotopic (exact) mass is 215 g/mol. The van der Waals surface area contributed by atoms with Crippen molar-refractivity contribution in [1.29, 1.82) is 0 Å². The largest absolute Gasteiger partial charge is 0.379 e. The highest BCUT2D eigenvalue weighted by Crippen LogP contribution is 2.13. The van der Waals surface area contributed by atoms with Crippen molar-refractivity contribution in [2.45, 2.75) is 41.5 Å². The molecule has 3 nitrogen and oxygen atoms in total. The predicted octanol–water partition coefficient (Wildman–Crippen LogP) is 2.21. The highest BCUT2D eigenvalue weighted by atomic mass is 16.5. The van der Waals surface area contributed by atoms with Gasteiger partial charge in [0, 0.05) is 12.0 Å². The van der Waals surface area contributed by atoms with Crippen molar-refractivity contribution in [3.8, 4) is 0 Å². The molecule has 0 saturated carbocycles. The highest BCUT2D eigenvalue weighted by Gasteiger charge is 2.20. The van der Waals surface area contributed by atoms with Gasteiger partial charge in [-0.1, -0.05) is 41.5 Å². The Bertz CT molecular complexity index is 199. The van der Waals surface area contributed by atoms with E-state index < -0.39 is 0 Å². The van der Waals surface area contributed by atoms with Gasteiger partial charge in [-0.3, -0.25) is 4.79 Å². The summed E-state index contributed by atoms with van der Waals surface area (Å²) >= 11 is 0. The van der Waals surface area contributed by atoms with Crippen molar-refractivity contribution in [3.63, 3.8) is 0 Å². The Morgan fingerprint density at radius 2 is 1.67 bits per heavy atom. The second-order valence-electron chi connectivity index (χ2n) is 6.12. The highest BCUT2D eigenvalue weighted by molar-refractivity contribution is 5.81. The van der Waals surface area contributed by atoms with Crippen LogP contribution >= 0.6 is 0 Å². The number of carbonyl (C=O) groups is 1. The lowest BCUT2D eigenvalue weighted by molar-refractivity contribution is -0.128. The van der Waals surface area contributed by atoms with Crippen molar-refractivity contribution in [1.82, 2.24) is 5.32 Å². The van der Waals surface area contributed by atoms with Gasteiger partial charge >= 0.3 is 0 Å². The molecule has 0 rings (SSSR count). The summed E-state index contributed by atoms with van der Waals surface area (Å²) in [4.78, 5) is 11.5. The van der Waals surface area contributed by atoms with E-state index in [9.17, 15) is 4.79 Å². The fourth-order valence-corrected chi connectivity index (χ4v) is 0.880. The molecule has 1 N–H and O–H groups in total. The lowest BCUT2D eigenvalue weighted by Crippen LogP contribution is -2.37. The Morgan fingerprint density at radius 3 is 2.07 bits per heavy atom. The van der Waals surface area contributed by atoms with Crippen LogP contribution in [0.1, 0.15) is 41.5 Å². The van der Waals surface area contributed by atoms with E-state index in [1.165, 1.54) is 0 Å². The third-order valence-corrected chi connectivity index (χ3v) is 1.75. The zero-order valence-corrected chi connectivity index (χ0v) is 10.9. The second kappa shape index (κ2) is 5.50. The van der Waals surface area contributed by atoms with Crippen LogP contribution in [0.25, 0.3) is 0 Å². The first-order chi connectivity index (χ1) is 6.63. The van der Waals surface area contributed by atoms with Crippen LogP contribution < -0.4 is 5.32 Å². The average molecular weight is 215 g/mol. The molecule has 0 unspecified atom stereocenters. The first-order valence-corrected chi connectivity index (χ1v) is 5.49. The first kappa shape index (κ1) is 14.4. The molecular formula is C12H25NO2. The van der Waals surface area contributed by atoms with E-state index in [1.54, 1.807) is 0 Å². The Kier molecular flexibility index (Phi) is 5.29. The van der Waals surface area contributed by atoms with Crippen LogP contribution in [-0.4, -0.2) is 25.7 Å². The summed E-state index contributed by atoms with van der Waals surface area (Å²) in [5.74, 6) is 0.0712. The van der Waals surface area contributed by atoms with Crippen molar-refractivity contribution in [2.24, 2.45) is 10.8 Å². The van der Waals surface area contributed by atoms with Crippen molar-refractivity contribution in [3.05, 3.63) is 0 Å². The Hall–Kier alpha value is -0.570. The maximum atomic E-state index is 11.5. The number of hydrogen-bond donors (Lipinski definition) is 1. The number of ether oxygens (including phenoxy) is 1. The van der Waals surface area contributed by atoms with Gasteiger partial charge in [0.2, 0.25) is 5.91 Å². The zero-order chi connectivity index (χ0) is 12.1. The summed E-state index contributed by atoms with van der Waals surface area (Å²) in [7, 11) is 0. The molecule has 90 valence electrons. The van der Waals surface area contributed by atoms with E-state index in [0.29, 0.717) is 13.2 Å². The van der Waals surface area contributed by atoms with Crippen LogP contribution in [0.4, 0.5) is 0 Å². The lowest BCUT2D eigenvalue weighted by atomic mass is 9.96. The Labute approximate surface area is 93.6 Å². The van der Waals surface area contributed by atoms with Crippen LogP contribution in [-0.2, 0) is 9.53 Å². The van der Waals surface area contributed by atoms with Crippen LogP contribution in [0.3, 0.4) is 0 Å². The molecule has 1 amide bonds. The molecule has 0 aromatic rings. The number of amides is 1. The van der Waals surface area contributed by atoms with E-state index in [0.717, 1.165) is 6.61 Å². The van der Waals surface area contributed by atoms with Gasteiger partial charge < -0.3 is 10.1 Å². The van der Waals surface area contributed by atoms with Crippen LogP contribution in [0.15, 0.2) is 0 Å². The number of hydrogen-bond acceptors (Lipinski definition) is 2. The minimum atomic E-state index is -0.315. The molecule has 0 spiro atoms. The quantitative estimate of drug-likeness (QED) is 0.730. The van der Waals surface area contributed by atoms with E-state index >= 15 is 0 Å². The predicted molar refractivity (Wildman–Crippen MR) is 62.7 cm³/mol. The minimum absolute atomic E-state index is 0.0712. The molecule has 0 saturated heterocycles. The smallest absolute Gasteiger partial charge is 0.225 e. The van der Waals surface area contributed by atoms with Gasteiger partial charge in [-0.2, -0.15) is 0 Å². The van der Waals surface area contributed by atoms with Gasteiger partial charge in [0.1, 0.15) is 0 Å². The second-order valence-corrected chi connectivity index (χ2v) is 6.12. The Morgan fingerprint density at radius 1 is 1.13 bits per heavy atom. The summed E-state index contributed by atoms with van der Waals surface area (Å²) < 4.78 is 5.45.